The Morgan fingerprint density at radius 1 is 1.04 bits per heavy atom. The smallest absolute Gasteiger partial charge is 0.211 e. The molecular formula is C16H27NO4S2. The summed E-state index contributed by atoms with van der Waals surface area (Å²) in [5, 5.41) is 0. The number of nitrogens with one attached hydrogen (secondary N) is 1. The zero-order valence-electron chi connectivity index (χ0n) is 14.3. The molecule has 0 radical (unpaired) electrons. The summed E-state index contributed by atoms with van der Waals surface area (Å²) in [6.07, 6.45) is 2.64. The molecular weight excluding hydrogens is 334 g/mol. The van der Waals surface area contributed by atoms with Gasteiger partial charge in [-0.25, -0.2) is 21.6 Å². The van der Waals surface area contributed by atoms with Gasteiger partial charge in [0.2, 0.25) is 10.0 Å². The van der Waals surface area contributed by atoms with Crippen LogP contribution in [0.15, 0.2) is 24.3 Å². The van der Waals surface area contributed by atoms with Gasteiger partial charge in [-0.3, -0.25) is 0 Å². The molecule has 0 saturated heterocycles. The zero-order valence-corrected chi connectivity index (χ0v) is 15.9. The van der Waals surface area contributed by atoms with Gasteiger partial charge in [-0.1, -0.05) is 45.0 Å². The van der Waals surface area contributed by atoms with E-state index in [4.69, 9.17) is 0 Å². The van der Waals surface area contributed by atoms with Gasteiger partial charge in [-0.2, -0.15) is 0 Å². The molecule has 0 aromatic heterocycles. The molecule has 0 fully saturated rings. The van der Waals surface area contributed by atoms with Gasteiger partial charge in [0.1, 0.15) is 0 Å². The summed E-state index contributed by atoms with van der Waals surface area (Å²) in [7, 11) is -6.42. The first-order valence-electron chi connectivity index (χ1n) is 7.59. The Hall–Kier alpha value is -0.920. The van der Waals surface area contributed by atoms with E-state index in [1.165, 1.54) is 6.26 Å². The van der Waals surface area contributed by atoms with Gasteiger partial charge in [-0.15, -0.1) is 0 Å². The number of hydrogen-bond donors (Lipinski definition) is 1. The maximum absolute atomic E-state index is 12.0. The summed E-state index contributed by atoms with van der Waals surface area (Å²) in [5.41, 5.74) is 1.54. The number of sulfone groups is 1. The lowest BCUT2D eigenvalue weighted by Gasteiger charge is -2.17. The van der Waals surface area contributed by atoms with Crippen LogP contribution in [0, 0.1) is 5.41 Å². The Bertz CT molecular complexity index is 717. The number of benzene rings is 1. The second-order valence-corrected chi connectivity index (χ2v) is 11.3. The third kappa shape index (κ3) is 9.73. The standard InChI is InChI=1S/C16H27NO4S2/c1-16(2,3)9-6-10-23(20,21)17-12-14-7-5-8-15(11-14)13-22(4,18)19/h5,7-8,11,17H,6,9-10,12-13H2,1-4H3. The predicted molar refractivity (Wildman–Crippen MR) is 94.3 cm³/mol. The molecule has 0 atom stereocenters. The maximum atomic E-state index is 12.0. The Balaban J connectivity index is 2.58. The Morgan fingerprint density at radius 3 is 2.22 bits per heavy atom. The van der Waals surface area contributed by atoms with Crippen LogP contribution in [0.5, 0.6) is 0 Å². The third-order valence-electron chi connectivity index (χ3n) is 3.26. The average molecular weight is 362 g/mol. The summed E-state index contributed by atoms with van der Waals surface area (Å²) >= 11 is 0. The van der Waals surface area contributed by atoms with Crippen molar-refractivity contribution in [2.24, 2.45) is 5.41 Å². The molecule has 0 amide bonds. The topological polar surface area (TPSA) is 80.3 Å². The number of hydrogen-bond acceptors (Lipinski definition) is 4. The van der Waals surface area contributed by atoms with Crippen LogP contribution < -0.4 is 4.72 Å². The van der Waals surface area contributed by atoms with Gasteiger partial charge >= 0.3 is 0 Å². The summed E-state index contributed by atoms with van der Waals surface area (Å²) in [6, 6.07) is 6.97. The molecule has 132 valence electrons. The molecule has 0 bridgehead atoms. The molecule has 5 nitrogen and oxygen atoms in total. The molecule has 1 aromatic carbocycles. The van der Waals surface area contributed by atoms with Crippen LogP contribution in [0.4, 0.5) is 0 Å². The molecule has 1 N–H and O–H groups in total. The highest BCUT2D eigenvalue weighted by Gasteiger charge is 2.14. The largest absolute Gasteiger partial charge is 0.229 e. The number of rotatable bonds is 8. The van der Waals surface area contributed by atoms with E-state index in [0.29, 0.717) is 12.0 Å². The molecule has 1 rings (SSSR count). The summed E-state index contributed by atoms with van der Waals surface area (Å²) in [6.45, 7) is 6.43. The highest BCUT2D eigenvalue weighted by molar-refractivity contribution is 7.90. The fraction of sp³-hybridized carbons (Fsp3) is 0.625. The van der Waals surface area contributed by atoms with E-state index in [1.54, 1.807) is 24.3 Å². The second-order valence-electron chi connectivity index (χ2n) is 7.19. The van der Waals surface area contributed by atoms with Crippen LogP contribution in [0.1, 0.15) is 44.7 Å². The second kappa shape index (κ2) is 7.77. The molecule has 0 aliphatic heterocycles. The quantitative estimate of drug-likeness (QED) is 0.771. The van der Waals surface area contributed by atoms with Crippen molar-refractivity contribution < 1.29 is 16.8 Å². The first-order chi connectivity index (χ1) is 10.4. The minimum Gasteiger partial charge on any atom is -0.229 e. The van der Waals surface area contributed by atoms with Gasteiger partial charge in [0.05, 0.1) is 11.5 Å². The van der Waals surface area contributed by atoms with E-state index in [1.807, 2.05) is 0 Å². The van der Waals surface area contributed by atoms with Crippen molar-refractivity contribution in [1.82, 2.24) is 4.72 Å². The Labute approximate surface area is 140 Å². The highest BCUT2D eigenvalue weighted by atomic mass is 32.2. The molecule has 0 heterocycles. The van der Waals surface area contributed by atoms with Gasteiger partial charge in [0.15, 0.2) is 9.84 Å². The van der Waals surface area contributed by atoms with E-state index in [2.05, 4.69) is 25.5 Å². The minimum absolute atomic E-state index is 0.0425. The normalized spacial score (nSPS) is 13.2. The molecule has 0 aliphatic rings. The lowest BCUT2D eigenvalue weighted by atomic mass is 9.91. The van der Waals surface area contributed by atoms with Crippen molar-refractivity contribution in [1.29, 1.82) is 0 Å². The van der Waals surface area contributed by atoms with E-state index < -0.39 is 19.9 Å². The Kier molecular flexibility index (Phi) is 6.80. The fourth-order valence-corrected chi connectivity index (χ4v) is 4.03. The van der Waals surface area contributed by atoms with Crippen LogP contribution >= 0.6 is 0 Å². The zero-order chi connectivity index (χ0) is 17.7. The monoisotopic (exact) mass is 361 g/mol. The van der Waals surface area contributed by atoms with Crippen molar-refractivity contribution in [3.63, 3.8) is 0 Å². The predicted octanol–water partition coefficient (Wildman–Crippen LogP) is 2.48. The first-order valence-corrected chi connectivity index (χ1v) is 11.3. The SMILES string of the molecule is CC(C)(C)CCCS(=O)(=O)NCc1cccc(CS(C)(=O)=O)c1. The van der Waals surface area contributed by atoms with Gasteiger partial charge in [0.25, 0.3) is 0 Å². The van der Waals surface area contributed by atoms with Crippen molar-refractivity contribution in [2.45, 2.75) is 45.9 Å². The lowest BCUT2D eigenvalue weighted by Crippen LogP contribution is -2.26. The molecule has 7 heteroatoms. The summed E-state index contributed by atoms with van der Waals surface area (Å²) in [4.78, 5) is 0. The molecule has 0 unspecified atom stereocenters. The van der Waals surface area contributed by atoms with Crippen molar-refractivity contribution in [3.8, 4) is 0 Å². The molecule has 23 heavy (non-hydrogen) atoms. The van der Waals surface area contributed by atoms with Crippen LogP contribution in [0.2, 0.25) is 0 Å². The van der Waals surface area contributed by atoms with Crippen LogP contribution in [0.3, 0.4) is 0 Å². The molecule has 0 aliphatic carbocycles. The lowest BCUT2D eigenvalue weighted by molar-refractivity contribution is 0.373. The first kappa shape index (κ1) is 20.1. The van der Waals surface area contributed by atoms with Crippen molar-refractivity contribution in [3.05, 3.63) is 35.4 Å². The fourth-order valence-electron chi connectivity index (χ4n) is 2.19. The summed E-state index contributed by atoms with van der Waals surface area (Å²) < 4.78 is 49.2. The summed E-state index contributed by atoms with van der Waals surface area (Å²) in [5.74, 6) is 0.0620. The van der Waals surface area contributed by atoms with Crippen molar-refractivity contribution >= 4 is 19.9 Å². The molecule has 0 spiro atoms. The van der Waals surface area contributed by atoms with Crippen LogP contribution in [0.25, 0.3) is 0 Å². The average Bonchev–Trinajstić information content (AvgIpc) is 2.33. The van der Waals surface area contributed by atoms with Gasteiger partial charge in [0, 0.05) is 12.8 Å². The number of sulfonamides is 1. The third-order valence-corrected chi connectivity index (χ3v) is 5.52. The molecule has 0 saturated carbocycles. The van der Waals surface area contributed by atoms with Crippen LogP contribution in [-0.4, -0.2) is 28.8 Å². The van der Waals surface area contributed by atoms with Crippen LogP contribution in [-0.2, 0) is 32.2 Å². The van der Waals surface area contributed by atoms with Gasteiger partial charge in [-0.05, 0) is 29.4 Å². The Morgan fingerprint density at radius 2 is 1.65 bits per heavy atom. The molecule has 1 aromatic rings. The van der Waals surface area contributed by atoms with E-state index >= 15 is 0 Å². The van der Waals surface area contributed by atoms with E-state index in [-0.39, 0.29) is 23.5 Å². The minimum atomic E-state index is -3.32. The highest BCUT2D eigenvalue weighted by Crippen LogP contribution is 2.20. The maximum Gasteiger partial charge on any atom is 0.211 e. The van der Waals surface area contributed by atoms with Gasteiger partial charge < -0.3 is 0 Å². The van der Waals surface area contributed by atoms with E-state index in [0.717, 1.165) is 12.0 Å². The van der Waals surface area contributed by atoms with Crippen molar-refractivity contribution in [2.75, 3.05) is 12.0 Å². The van der Waals surface area contributed by atoms with E-state index in [9.17, 15) is 16.8 Å².